The average Bonchev–Trinajstić information content (AvgIpc) is 2.41. The number of para-hydroxylation sites is 2. The molecule has 0 saturated heterocycles. The molecule has 0 aliphatic heterocycles. The monoisotopic (exact) mass is 310 g/mol. The number of nitrogen functional groups attached to an aromatic ring is 1. The van der Waals surface area contributed by atoms with Crippen molar-refractivity contribution in [3.63, 3.8) is 0 Å². The normalized spacial score (nSPS) is 10.3. The molecule has 0 aromatic heterocycles. The molecular formula is C15H16Cl2N2O. The Balaban J connectivity index is 1.91. The second kappa shape index (κ2) is 6.73. The first-order valence-corrected chi connectivity index (χ1v) is 6.97. The number of hydrogen-bond acceptors (Lipinski definition) is 3. The van der Waals surface area contributed by atoms with Crippen molar-refractivity contribution >= 4 is 34.6 Å². The highest BCUT2D eigenvalue weighted by atomic mass is 35.5. The van der Waals surface area contributed by atoms with Crippen LogP contribution >= 0.6 is 23.2 Å². The van der Waals surface area contributed by atoms with Crippen LogP contribution in [0.4, 0.5) is 11.4 Å². The number of likely N-dealkylation sites (N-methyl/N-ethyl adjacent to an activating group) is 1. The number of anilines is 2. The zero-order chi connectivity index (χ0) is 14.5. The van der Waals surface area contributed by atoms with Gasteiger partial charge in [0.05, 0.1) is 22.9 Å². The fourth-order valence-electron chi connectivity index (χ4n) is 1.84. The van der Waals surface area contributed by atoms with Crippen LogP contribution in [-0.4, -0.2) is 20.2 Å². The topological polar surface area (TPSA) is 38.5 Å². The van der Waals surface area contributed by atoms with Gasteiger partial charge in [0.1, 0.15) is 12.4 Å². The van der Waals surface area contributed by atoms with Crippen molar-refractivity contribution < 1.29 is 4.74 Å². The van der Waals surface area contributed by atoms with Crippen LogP contribution < -0.4 is 15.4 Å². The highest BCUT2D eigenvalue weighted by Crippen LogP contribution is 2.27. The maximum absolute atomic E-state index is 6.04. The molecule has 106 valence electrons. The highest BCUT2D eigenvalue weighted by molar-refractivity contribution is 6.35. The smallest absolute Gasteiger partial charge is 0.138 e. The van der Waals surface area contributed by atoms with Crippen LogP contribution in [0.3, 0.4) is 0 Å². The lowest BCUT2D eigenvalue weighted by atomic mass is 10.2. The lowest BCUT2D eigenvalue weighted by Crippen LogP contribution is -2.24. The summed E-state index contributed by atoms with van der Waals surface area (Å²) in [6.07, 6.45) is 0. The molecule has 3 nitrogen and oxygen atoms in total. The van der Waals surface area contributed by atoms with E-state index in [4.69, 9.17) is 33.7 Å². The van der Waals surface area contributed by atoms with Crippen LogP contribution in [0.15, 0.2) is 42.5 Å². The van der Waals surface area contributed by atoms with Crippen LogP contribution in [0.25, 0.3) is 0 Å². The van der Waals surface area contributed by atoms with Crippen LogP contribution in [0.1, 0.15) is 0 Å². The molecule has 0 aliphatic rings. The zero-order valence-corrected chi connectivity index (χ0v) is 12.7. The van der Waals surface area contributed by atoms with Gasteiger partial charge in [-0.15, -0.1) is 0 Å². The van der Waals surface area contributed by atoms with Crippen LogP contribution in [0, 0.1) is 0 Å². The Morgan fingerprint density at radius 1 is 1.15 bits per heavy atom. The van der Waals surface area contributed by atoms with E-state index >= 15 is 0 Å². The van der Waals surface area contributed by atoms with E-state index in [1.54, 1.807) is 18.2 Å². The summed E-state index contributed by atoms with van der Waals surface area (Å²) in [5.41, 5.74) is 7.66. The van der Waals surface area contributed by atoms with Gasteiger partial charge in [0, 0.05) is 12.1 Å². The Morgan fingerprint density at radius 2 is 1.90 bits per heavy atom. The number of ether oxygens (including phenoxy) is 1. The van der Waals surface area contributed by atoms with Gasteiger partial charge in [-0.25, -0.2) is 0 Å². The molecule has 0 saturated carbocycles. The molecule has 0 radical (unpaired) electrons. The SMILES string of the molecule is CN(CCOc1ccc(Cl)cc1Cl)c1ccccc1N. The number of benzene rings is 2. The largest absolute Gasteiger partial charge is 0.490 e. The van der Waals surface area contributed by atoms with Crippen molar-refractivity contribution in [3.8, 4) is 5.75 Å². The molecule has 0 spiro atoms. The van der Waals surface area contributed by atoms with E-state index in [9.17, 15) is 0 Å². The second-order valence-corrected chi connectivity index (χ2v) is 5.25. The van der Waals surface area contributed by atoms with Gasteiger partial charge < -0.3 is 15.4 Å². The number of rotatable bonds is 5. The van der Waals surface area contributed by atoms with E-state index in [0.29, 0.717) is 28.9 Å². The van der Waals surface area contributed by atoms with Gasteiger partial charge in [-0.1, -0.05) is 35.3 Å². The van der Waals surface area contributed by atoms with Crippen LogP contribution in [0.5, 0.6) is 5.75 Å². The van der Waals surface area contributed by atoms with E-state index in [1.807, 2.05) is 36.2 Å². The zero-order valence-electron chi connectivity index (χ0n) is 11.1. The summed E-state index contributed by atoms with van der Waals surface area (Å²) in [5, 5.41) is 1.11. The number of nitrogens with zero attached hydrogens (tertiary/aromatic N) is 1. The molecule has 0 unspecified atom stereocenters. The van der Waals surface area contributed by atoms with Gasteiger partial charge in [-0.3, -0.25) is 0 Å². The van der Waals surface area contributed by atoms with Crippen LogP contribution in [-0.2, 0) is 0 Å². The van der Waals surface area contributed by atoms with Gasteiger partial charge in [-0.2, -0.15) is 0 Å². The minimum Gasteiger partial charge on any atom is -0.490 e. The standard InChI is InChI=1S/C15H16Cl2N2O/c1-19(14-5-3-2-4-13(14)18)8-9-20-15-7-6-11(16)10-12(15)17/h2-7,10H,8-9,18H2,1H3. The maximum atomic E-state index is 6.04. The third-order valence-electron chi connectivity index (χ3n) is 2.93. The van der Waals surface area contributed by atoms with E-state index in [-0.39, 0.29) is 0 Å². The van der Waals surface area contributed by atoms with E-state index in [1.165, 1.54) is 0 Å². The minimum atomic E-state index is 0.506. The maximum Gasteiger partial charge on any atom is 0.138 e. The molecule has 0 atom stereocenters. The summed E-state index contributed by atoms with van der Waals surface area (Å²) >= 11 is 11.9. The molecule has 0 bridgehead atoms. The van der Waals surface area contributed by atoms with Crippen molar-refractivity contribution in [1.29, 1.82) is 0 Å². The Hall–Kier alpha value is -1.58. The van der Waals surface area contributed by atoms with Gasteiger partial charge in [0.25, 0.3) is 0 Å². The first-order valence-electron chi connectivity index (χ1n) is 6.21. The summed E-state index contributed by atoms with van der Waals surface area (Å²) in [7, 11) is 1.97. The second-order valence-electron chi connectivity index (χ2n) is 4.40. The summed E-state index contributed by atoms with van der Waals surface area (Å²) in [6, 6.07) is 12.9. The summed E-state index contributed by atoms with van der Waals surface area (Å²) in [6.45, 7) is 1.21. The summed E-state index contributed by atoms with van der Waals surface area (Å²) in [4.78, 5) is 2.04. The predicted octanol–water partition coefficient (Wildman–Crippen LogP) is 4.09. The number of nitrogens with two attached hydrogens (primary N) is 1. The third kappa shape index (κ3) is 3.71. The molecule has 0 aliphatic carbocycles. The van der Waals surface area contributed by atoms with E-state index < -0.39 is 0 Å². The van der Waals surface area contributed by atoms with Gasteiger partial charge >= 0.3 is 0 Å². The fraction of sp³-hybridized carbons (Fsp3) is 0.200. The van der Waals surface area contributed by atoms with Crippen molar-refractivity contribution in [2.45, 2.75) is 0 Å². The van der Waals surface area contributed by atoms with E-state index in [2.05, 4.69) is 0 Å². The van der Waals surface area contributed by atoms with Crippen molar-refractivity contribution in [2.24, 2.45) is 0 Å². The van der Waals surface area contributed by atoms with Crippen molar-refractivity contribution in [3.05, 3.63) is 52.5 Å². The lowest BCUT2D eigenvalue weighted by Gasteiger charge is -2.21. The molecule has 5 heteroatoms. The number of halogens is 2. The molecule has 0 fully saturated rings. The van der Waals surface area contributed by atoms with Crippen LogP contribution in [0.2, 0.25) is 10.0 Å². The first-order chi connectivity index (χ1) is 9.58. The third-order valence-corrected chi connectivity index (χ3v) is 3.46. The van der Waals surface area contributed by atoms with E-state index in [0.717, 1.165) is 11.4 Å². The summed E-state index contributed by atoms with van der Waals surface area (Å²) in [5.74, 6) is 0.630. The molecule has 2 aromatic carbocycles. The first kappa shape index (κ1) is 14.8. The minimum absolute atomic E-state index is 0.506. The Bertz CT molecular complexity index is 590. The molecule has 0 heterocycles. The van der Waals surface area contributed by atoms with Crippen molar-refractivity contribution in [2.75, 3.05) is 30.8 Å². The lowest BCUT2D eigenvalue weighted by molar-refractivity contribution is 0.326. The molecule has 0 amide bonds. The fourth-order valence-corrected chi connectivity index (χ4v) is 2.30. The molecule has 20 heavy (non-hydrogen) atoms. The Morgan fingerprint density at radius 3 is 2.60 bits per heavy atom. The van der Waals surface area contributed by atoms with Gasteiger partial charge in [0.15, 0.2) is 0 Å². The van der Waals surface area contributed by atoms with Crippen molar-refractivity contribution in [1.82, 2.24) is 0 Å². The van der Waals surface area contributed by atoms with Gasteiger partial charge in [-0.05, 0) is 30.3 Å². The quantitative estimate of drug-likeness (QED) is 0.845. The predicted molar refractivity (Wildman–Crippen MR) is 86.1 cm³/mol. The highest BCUT2D eigenvalue weighted by Gasteiger charge is 2.06. The molecule has 2 N–H and O–H groups in total. The Kier molecular flexibility index (Phi) is 4.99. The molecular weight excluding hydrogens is 295 g/mol. The molecule has 2 rings (SSSR count). The molecule has 2 aromatic rings. The Labute approximate surface area is 128 Å². The number of hydrogen-bond donors (Lipinski definition) is 1. The van der Waals surface area contributed by atoms with Gasteiger partial charge in [0.2, 0.25) is 0 Å². The summed E-state index contributed by atoms with van der Waals surface area (Å²) < 4.78 is 5.65. The average molecular weight is 311 g/mol.